The zero-order valence-corrected chi connectivity index (χ0v) is 16.0. The van der Waals surface area contributed by atoms with E-state index in [0.717, 1.165) is 11.1 Å². The van der Waals surface area contributed by atoms with E-state index in [1.165, 1.54) is 29.8 Å². The van der Waals surface area contributed by atoms with Crippen LogP contribution < -0.4 is 10.6 Å². The Kier molecular flexibility index (Phi) is 5.51. The molecule has 2 aromatic carbocycles. The van der Waals surface area contributed by atoms with Gasteiger partial charge in [-0.05, 0) is 67.5 Å². The third-order valence-electron chi connectivity index (χ3n) is 4.18. The Morgan fingerprint density at radius 1 is 1.04 bits per heavy atom. The number of nitrogens with zero attached hydrogens (tertiary/aromatic N) is 1. The average Bonchev–Trinajstić information content (AvgIpc) is 3.14. The molecule has 0 aliphatic rings. The Morgan fingerprint density at radius 2 is 1.75 bits per heavy atom. The molecule has 28 heavy (non-hydrogen) atoms. The van der Waals surface area contributed by atoms with Gasteiger partial charge in [-0.3, -0.25) is 20.2 Å². The predicted octanol–water partition coefficient (Wildman–Crippen LogP) is 4.60. The zero-order valence-electron chi connectivity index (χ0n) is 15.2. The minimum absolute atomic E-state index is 0.0324. The second kappa shape index (κ2) is 8.01. The van der Waals surface area contributed by atoms with Gasteiger partial charge in [-0.15, -0.1) is 0 Å². The van der Waals surface area contributed by atoms with Crippen molar-refractivity contribution in [1.82, 2.24) is 5.32 Å². The molecule has 0 radical (unpaired) electrons. The van der Waals surface area contributed by atoms with Gasteiger partial charge in [0.15, 0.2) is 10.9 Å². The number of hydrogen-bond acceptors (Lipinski definition) is 5. The maximum atomic E-state index is 12.3. The van der Waals surface area contributed by atoms with Gasteiger partial charge in [0, 0.05) is 23.4 Å². The molecule has 3 rings (SSSR count). The number of carbonyl (C=O) groups is 1. The number of non-ortho nitro benzene ring substituents is 1. The van der Waals surface area contributed by atoms with Gasteiger partial charge in [-0.2, -0.15) is 0 Å². The summed E-state index contributed by atoms with van der Waals surface area (Å²) in [7, 11) is 0. The Hall–Kier alpha value is -3.52. The molecule has 0 fully saturated rings. The van der Waals surface area contributed by atoms with E-state index < -0.39 is 10.8 Å². The number of aryl methyl sites for hydroxylation is 2. The maximum Gasteiger partial charge on any atom is 0.293 e. The quantitative estimate of drug-likeness (QED) is 0.381. The molecule has 1 heterocycles. The fraction of sp³-hybridized carbons (Fsp3) is 0.100. The third-order valence-corrected chi connectivity index (χ3v) is 4.39. The first kappa shape index (κ1) is 19.2. The van der Waals surface area contributed by atoms with E-state index in [2.05, 4.69) is 10.6 Å². The summed E-state index contributed by atoms with van der Waals surface area (Å²) < 4.78 is 5.65. The molecular weight excluding hydrogens is 378 g/mol. The Balaban J connectivity index is 1.64. The Morgan fingerprint density at radius 3 is 2.39 bits per heavy atom. The van der Waals surface area contributed by atoms with Crippen LogP contribution in [0.1, 0.15) is 21.7 Å². The summed E-state index contributed by atoms with van der Waals surface area (Å²) in [4.78, 5) is 22.5. The lowest BCUT2D eigenvalue weighted by Crippen LogP contribution is -2.33. The number of furan rings is 1. The Labute approximate surface area is 166 Å². The monoisotopic (exact) mass is 395 g/mol. The number of thiocarbonyl (C=S) groups is 1. The highest BCUT2D eigenvalue weighted by Gasteiger charge is 2.14. The molecule has 0 aliphatic heterocycles. The van der Waals surface area contributed by atoms with Crippen LogP contribution in [0, 0.1) is 24.0 Å². The van der Waals surface area contributed by atoms with Crippen molar-refractivity contribution in [1.29, 1.82) is 0 Å². The number of rotatable bonds is 4. The number of nitro groups is 1. The first-order valence-electron chi connectivity index (χ1n) is 8.38. The molecule has 3 aromatic rings. The standard InChI is InChI=1S/C20H17N3O4S/c1-12-3-4-14(11-13(12)2)17-9-10-18(27-17)19(24)22-20(28)21-15-5-7-16(8-6-15)23(25)26/h3-11H,1-2H3,(H2,21,22,24,28). The van der Waals surface area contributed by atoms with Crippen molar-refractivity contribution in [3.05, 3.63) is 81.6 Å². The molecule has 2 N–H and O–H groups in total. The van der Waals surface area contributed by atoms with Crippen LogP contribution in [0.2, 0.25) is 0 Å². The molecule has 0 bridgehead atoms. The van der Waals surface area contributed by atoms with Crippen LogP contribution >= 0.6 is 12.2 Å². The smallest absolute Gasteiger partial charge is 0.293 e. The van der Waals surface area contributed by atoms with Gasteiger partial charge in [0.2, 0.25) is 0 Å². The van der Waals surface area contributed by atoms with Crippen molar-refractivity contribution in [3.8, 4) is 11.3 Å². The summed E-state index contributed by atoms with van der Waals surface area (Å²) in [6.45, 7) is 4.04. The summed E-state index contributed by atoms with van der Waals surface area (Å²) in [5.74, 6) is 0.220. The van der Waals surface area contributed by atoms with Crippen LogP contribution in [-0.4, -0.2) is 15.9 Å². The number of carbonyl (C=O) groups excluding carboxylic acids is 1. The van der Waals surface area contributed by atoms with Crippen molar-refractivity contribution in [2.24, 2.45) is 0 Å². The van der Waals surface area contributed by atoms with Gasteiger partial charge >= 0.3 is 0 Å². The topological polar surface area (TPSA) is 97.4 Å². The number of anilines is 1. The maximum absolute atomic E-state index is 12.3. The summed E-state index contributed by atoms with van der Waals surface area (Å²) in [5, 5.41) is 16.0. The van der Waals surface area contributed by atoms with Gasteiger partial charge in [-0.25, -0.2) is 0 Å². The molecule has 0 spiro atoms. The van der Waals surface area contributed by atoms with Gasteiger partial charge in [0.25, 0.3) is 11.6 Å². The zero-order chi connectivity index (χ0) is 20.3. The average molecular weight is 395 g/mol. The van der Waals surface area contributed by atoms with Crippen molar-refractivity contribution in [2.75, 3.05) is 5.32 Å². The molecule has 8 heteroatoms. The lowest BCUT2D eigenvalue weighted by atomic mass is 10.1. The molecule has 142 valence electrons. The van der Waals surface area contributed by atoms with E-state index in [4.69, 9.17) is 16.6 Å². The third kappa shape index (κ3) is 4.41. The molecule has 0 saturated heterocycles. The fourth-order valence-electron chi connectivity index (χ4n) is 2.50. The Bertz CT molecular complexity index is 1060. The van der Waals surface area contributed by atoms with Gasteiger partial charge in [0.05, 0.1) is 4.92 Å². The molecule has 1 amide bonds. The van der Waals surface area contributed by atoms with Crippen LogP contribution in [0.25, 0.3) is 11.3 Å². The number of benzene rings is 2. The molecule has 0 atom stereocenters. The highest BCUT2D eigenvalue weighted by Crippen LogP contribution is 2.24. The summed E-state index contributed by atoms with van der Waals surface area (Å²) in [5.41, 5.74) is 3.68. The summed E-state index contributed by atoms with van der Waals surface area (Å²) >= 11 is 5.11. The normalized spacial score (nSPS) is 10.4. The van der Waals surface area contributed by atoms with Gasteiger partial charge in [-0.1, -0.05) is 12.1 Å². The van der Waals surface area contributed by atoms with Gasteiger partial charge in [0.1, 0.15) is 5.76 Å². The van der Waals surface area contributed by atoms with Crippen LogP contribution in [-0.2, 0) is 0 Å². The van der Waals surface area contributed by atoms with Crippen molar-refractivity contribution < 1.29 is 14.1 Å². The van der Waals surface area contributed by atoms with Crippen LogP contribution in [0.3, 0.4) is 0 Å². The first-order valence-corrected chi connectivity index (χ1v) is 8.78. The van der Waals surface area contributed by atoms with E-state index in [1.807, 2.05) is 32.0 Å². The molecule has 1 aromatic heterocycles. The van der Waals surface area contributed by atoms with E-state index in [9.17, 15) is 14.9 Å². The van der Waals surface area contributed by atoms with E-state index in [0.29, 0.717) is 11.4 Å². The van der Waals surface area contributed by atoms with Crippen molar-refractivity contribution >= 4 is 34.6 Å². The SMILES string of the molecule is Cc1ccc(-c2ccc(C(=O)NC(=S)Nc3ccc([N+](=O)[O-])cc3)o2)cc1C. The number of hydrogen-bond donors (Lipinski definition) is 2. The molecule has 0 aliphatic carbocycles. The highest BCUT2D eigenvalue weighted by atomic mass is 32.1. The second-order valence-electron chi connectivity index (χ2n) is 6.18. The minimum Gasteiger partial charge on any atom is -0.451 e. The summed E-state index contributed by atoms with van der Waals surface area (Å²) in [6.07, 6.45) is 0. The highest BCUT2D eigenvalue weighted by molar-refractivity contribution is 7.80. The molecular formula is C20H17N3O4S. The van der Waals surface area contributed by atoms with Crippen molar-refractivity contribution in [2.45, 2.75) is 13.8 Å². The fourth-order valence-corrected chi connectivity index (χ4v) is 2.71. The summed E-state index contributed by atoms with van der Waals surface area (Å²) in [6, 6.07) is 14.9. The number of nitro benzene ring substituents is 1. The predicted molar refractivity (Wildman–Crippen MR) is 110 cm³/mol. The van der Waals surface area contributed by atoms with Crippen molar-refractivity contribution in [3.63, 3.8) is 0 Å². The largest absolute Gasteiger partial charge is 0.451 e. The number of nitrogens with one attached hydrogen (secondary N) is 2. The minimum atomic E-state index is -0.492. The van der Waals surface area contributed by atoms with E-state index >= 15 is 0 Å². The van der Waals surface area contributed by atoms with Crippen LogP contribution in [0.5, 0.6) is 0 Å². The van der Waals surface area contributed by atoms with Gasteiger partial charge < -0.3 is 9.73 Å². The first-order chi connectivity index (χ1) is 13.3. The van der Waals surface area contributed by atoms with E-state index in [1.54, 1.807) is 12.1 Å². The van der Waals surface area contributed by atoms with Crippen LogP contribution in [0.15, 0.2) is 59.0 Å². The lowest BCUT2D eigenvalue weighted by molar-refractivity contribution is -0.384. The second-order valence-corrected chi connectivity index (χ2v) is 6.58. The molecule has 0 unspecified atom stereocenters. The van der Waals surface area contributed by atoms with Crippen LogP contribution in [0.4, 0.5) is 11.4 Å². The number of amides is 1. The van der Waals surface area contributed by atoms with E-state index in [-0.39, 0.29) is 16.6 Å². The molecule has 0 saturated carbocycles. The lowest BCUT2D eigenvalue weighted by Gasteiger charge is -2.08. The molecule has 7 nitrogen and oxygen atoms in total.